The van der Waals surface area contributed by atoms with Crippen LogP contribution in [0.1, 0.15) is 37.3 Å². The van der Waals surface area contributed by atoms with Crippen LogP contribution in [-0.4, -0.2) is 30.6 Å². The van der Waals surface area contributed by atoms with Gasteiger partial charge in [-0.2, -0.15) is 0 Å². The van der Waals surface area contributed by atoms with Gasteiger partial charge >= 0.3 is 0 Å². The normalized spacial score (nSPS) is 19.3. The van der Waals surface area contributed by atoms with Crippen LogP contribution in [0.3, 0.4) is 0 Å². The lowest BCUT2D eigenvalue weighted by Crippen LogP contribution is -2.36. The Morgan fingerprint density at radius 2 is 1.90 bits per heavy atom. The van der Waals surface area contributed by atoms with Crippen molar-refractivity contribution in [3.05, 3.63) is 78.4 Å². The molecule has 146 valence electrons. The van der Waals surface area contributed by atoms with Crippen molar-refractivity contribution in [3.63, 3.8) is 0 Å². The van der Waals surface area contributed by atoms with E-state index >= 15 is 0 Å². The number of nitrogens with zero attached hydrogens (tertiary/aromatic N) is 4. The molecule has 0 unspecified atom stereocenters. The molecule has 0 aliphatic carbocycles. The number of fused-ring (bicyclic) bond motifs is 1. The minimum atomic E-state index is -0.0193. The van der Waals surface area contributed by atoms with Crippen molar-refractivity contribution in [2.45, 2.75) is 32.0 Å². The van der Waals surface area contributed by atoms with Crippen molar-refractivity contribution in [3.8, 4) is 5.13 Å². The first-order chi connectivity index (χ1) is 14.1. The van der Waals surface area contributed by atoms with E-state index in [0.717, 1.165) is 27.1 Å². The summed E-state index contributed by atoms with van der Waals surface area (Å²) in [5, 5.41) is 5.24. The van der Waals surface area contributed by atoms with Crippen LogP contribution >= 0.6 is 23.6 Å². The maximum absolute atomic E-state index is 5.72. The number of thiocarbonyl (C=S) groups is 1. The Labute approximate surface area is 179 Å². The Morgan fingerprint density at radius 3 is 2.66 bits per heavy atom. The molecular weight excluding hydrogens is 398 g/mol. The fourth-order valence-electron chi connectivity index (χ4n) is 4.01. The van der Waals surface area contributed by atoms with Gasteiger partial charge in [0, 0.05) is 18.4 Å². The first-order valence-corrected chi connectivity index (χ1v) is 10.9. The molecule has 4 aromatic rings. The van der Waals surface area contributed by atoms with Crippen LogP contribution < -0.4 is 5.32 Å². The molecular formula is C22H21N5S2. The fourth-order valence-corrected chi connectivity index (χ4v) is 5.43. The molecule has 2 atom stereocenters. The number of rotatable bonds is 4. The zero-order valence-electron chi connectivity index (χ0n) is 16.2. The molecule has 1 saturated heterocycles. The van der Waals surface area contributed by atoms with Crippen molar-refractivity contribution in [1.82, 2.24) is 24.8 Å². The van der Waals surface area contributed by atoms with Gasteiger partial charge in [0.2, 0.25) is 0 Å². The van der Waals surface area contributed by atoms with Crippen LogP contribution in [0.5, 0.6) is 0 Å². The van der Waals surface area contributed by atoms with Gasteiger partial charge in [-0.3, -0.25) is 9.55 Å². The first-order valence-electron chi connectivity index (χ1n) is 9.66. The number of aromatic nitrogens is 3. The molecule has 1 aromatic carbocycles. The lowest BCUT2D eigenvalue weighted by molar-refractivity contribution is 0.262. The number of benzene rings is 1. The van der Waals surface area contributed by atoms with Gasteiger partial charge in [-0.05, 0) is 62.5 Å². The largest absolute Gasteiger partial charge is 0.352 e. The van der Waals surface area contributed by atoms with Gasteiger partial charge in [-0.1, -0.05) is 29.5 Å². The minimum absolute atomic E-state index is 0.0193. The number of hydrogen-bond acceptors (Lipinski definition) is 4. The van der Waals surface area contributed by atoms with Crippen molar-refractivity contribution in [1.29, 1.82) is 0 Å². The molecule has 0 amide bonds. The third-order valence-electron chi connectivity index (χ3n) is 5.26. The van der Waals surface area contributed by atoms with E-state index in [0.29, 0.717) is 0 Å². The van der Waals surface area contributed by atoms with Crippen LogP contribution in [0.4, 0.5) is 0 Å². The average molecular weight is 420 g/mol. The molecule has 5 rings (SSSR count). The number of para-hydroxylation sites is 1. The smallest absolute Gasteiger partial charge is 0.194 e. The van der Waals surface area contributed by atoms with Crippen LogP contribution in [-0.2, 0) is 0 Å². The molecule has 1 N–H and O–H groups in total. The summed E-state index contributed by atoms with van der Waals surface area (Å²) in [6, 6.07) is 18.8. The maximum Gasteiger partial charge on any atom is 0.194 e. The molecule has 0 bridgehead atoms. The molecule has 5 nitrogen and oxygen atoms in total. The molecule has 7 heteroatoms. The van der Waals surface area contributed by atoms with Gasteiger partial charge in [0.1, 0.15) is 0 Å². The zero-order chi connectivity index (χ0) is 20.0. The third kappa shape index (κ3) is 3.10. The SMILES string of the molecule is CC(C)N1C(=S)N[C@H](c2ccccn2)[C@H]1c1cccn1-c1nc2ccccc2s1. The van der Waals surface area contributed by atoms with E-state index in [1.54, 1.807) is 11.3 Å². The van der Waals surface area contributed by atoms with Gasteiger partial charge in [-0.15, -0.1) is 0 Å². The summed E-state index contributed by atoms with van der Waals surface area (Å²) in [5.41, 5.74) is 3.16. The fraction of sp³-hybridized carbons (Fsp3) is 0.227. The summed E-state index contributed by atoms with van der Waals surface area (Å²) < 4.78 is 3.38. The summed E-state index contributed by atoms with van der Waals surface area (Å²) in [6.07, 6.45) is 3.92. The third-order valence-corrected chi connectivity index (χ3v) is 6.63. The van der Waals surface area contributed by atoms with Crippen LogP contribution in [0.2, 0.25) is 0 Å². The molecule has 4 heterocycles. The zero-order valence-corrected chi connectivity index (χ0v) is 17.8. The van der Waals surface area contributed by atoms with Crippen LogP contribution in [0, 0.1) is 0 Å². The molecule has 0 saturated carbocycles. The van der Waals surface area contributed by atoms with E-state index in [-0.39, 0.29) is 18.1 Å². The highest BCUT2D eigenvalue weighted by Crippen LogP contribution is 2.41. The molecule has 1 aliphatic rings. The summed E-state index contributed by atoms with van der Waals surface area (Å²) in [6.45, 7) is 4.35. The number of pyridine rings is 1. The Kier molecular flexibility index (Phi) is 4.56. The second kappa shape index (κ2) is 7.24. The van der Waals surface area contributed by atoms with E-state index < -0.39 is 0 Å². The summed E-state index contributed by atoms with van der Waals surface area (Å²) in [7, 11) is 0. The Bertz CT molecular complexity index is 1130. The highest BCUT2D eigenvalue weighted by Gasteiger charge is 2.42. The predicted molar refractivity (Wildman–Crippen MR) is 121 cm³/mol. The maximum atomic E-state index is 5.72. The highest BCUT2D eigenvalue weighted by molar-refractivity contribution is 7.80. The van der Waals surface area contributed by atoms with Gasteiger partial charge in [-0.25, -0.2) is 4.98 Å². The second-order valence-electron chi connectivity index (χ2n) is 7.39. The summed E-state index contributed by atoms with van der Waals surface area (Å²) in [4.78, 5) is 11.8. The molecule has 1 aliphatic heterocycles. The van der Waals surface area contributed by atoms with Crippen molar-refractivity contribution < 1.29 is 0 Å². The van der Waals surface area contributed by atoms with E-state index in [1.165, 1.54) is 4.70 Å². The topological polar surface area (TPSA) is 46.0 Å². The van der Waals surface area contributed by atoms with Gasteiger partial charge in [0.15, 0.2) is 10.2 Å². The number of hydrogen-bond donors (Lipinski definition) is 1. The van der Waals surface area contributed by atoms with Crippen molar-refractivity contribution in [2.24, 2.45) is 0 Å². The van der Waals surface area contributed by atoms with E-state index in [9.17, 15) is 0 Å². The molecule has 3 aromatic heterocycles. The Hall–Kier alpha value is -2.77. The van der Waals surface area contributed by atoms with Crippen LogP contribution in [0.25, 0.3) is 15.3 Å². The molecule has 0 spiro atoms. The highest BCUT2D eigenvalue weighted by atomic mass is 32.1. The van der Waals surface area contributed by atoms with Crippen LogP contribution in [0.15, 0.2) is 67.0 Å². The van der Waals surface area contributed by atoms with E-state index in [4.69, 9.17) is 17.2 Å². The Morgan fingerprint density at radius 1 is 1.07 bits per heavy atom. The summed E-state index contributed by atoms with van der Waals surface area (Å²) in [5.74, 6) is 0. The van der Waals surface area contributed by atoms with Gasteiger partial charge < -0.3 is 10.2 Å². The first kappa shape index (κ1) is 18.3. The van der Waals surface area contributed by atoms with Crippen molar-refractivity contribution in [2.75, 3.05) is 0 Å². The van der Waals surface area contributed by atoms with Gasteiger partial charge in [0.05, 0.1) is 33.7 Å². The summed E-state index contributed by atoms with van der Waals surface area (Å²) >= 11 is 7.42. The lowest BCUT2D eigenvalue weighted by Gasteiger charge is -2.31. The Balaban J connectivity index is 1.64. The van der Waals surface area contributed by atoms with E-state index in [1.807, 2.05) is 24.4 Å². The monoisotopic (exact) mass is 419 g/mol. The molecule has 29 heavy (non-hydrogen) atoms. The van der Waals surface area contributed by atoms with E-state index in [2.05, 4.69) is 76.2 Å². The molecule has 1 fully saturated rings. The number of thiazole rings is 1. The second-order valence-corrected chi connectivity index (χ2v) is 8.79. The van der Waals surface area contributed by atoms with Gasteiger partial charge in [0.25, 0.3) is 0 Å². The standard InChI is InChI=1S/C22H21N5S2/c1-14(2)27-20(19(25-21(27)28)16-9-5-6-12-23-16)17-10-7-13-26(17)22-24-15-8-3-4-11-18(15)29-22/h3-14,19-20H,1-2H3,(H,25,28)/t19-,20-/m1/s1. The van der Waals surface area contributed by atoms with Crippen molar-refractivity contribution >= 4 is 38.9 Å². The lowest BCUT2D eigenvalue weighted by atomic mass is 10.0. The number of nitrogens with one attached hydrogen (secondary N) is 1. The predicted octanol–water partition coefficient (Wildman–Crippen LogP) is 4.86. The minimum Gasteiger partial charge on any atom is -0.352 e. The average Bonchev–Trinajstić information content (AvgIpc) is 3.44. The quantitative estimate of drug-likeness (QED) is 0.479. The molecule has 0 radical (unpaired) electrons.